The molecule has 0 aromatic heterocycles. The summed E-state index contributed by atoms with van der Waals surface area (Å²) in [5.41, 5.74) is 0. The Morgan fingerprint density at radius 2 is 0.400 bits per heavy atom. The predicted molar refractivity (Wildman–Crippen MR) is 57.7 cm³/mol. The summed E-state index contributed by atoms with van der Waals surface area (Å²) < 4.78 is 0. The summed E-state index contributed by atoms with van der Waals surface area (Å²) in [5, 5.41) is 0. The Balaban J connectivity index is -0.000000000762. The third-order valence-corrected chi connectivity index (χ3v) is 0. The van der Waals surface area contributed by atoms with Gasteiger partial charge in [0.2, 0.25) is 0 Å². The third-order valence-electron chi connectivity index (χ3n) is 0. The molecule has 0 aromatic rings. The Bertz CT molecular complexity index is 69.3. The van der Waals surface area contributed by atoms with Crippen LogP contribution in [0.5, 0.6) is 0 Å². The van der Waals surface area contributed by atoms with Gasteiger partial charge in [0.05, 0.1) is 0 Å². The molecule has 20 heavy (non-hydrogen) atoms. The van der Waals surface area contributed by atoms with E-state index >= 15 is 0 Å². The van der Waals surface area contributed by atoms with E-state index in [4.69, 9.17) is 14.7 Å². The Hall–Kier alpha value is 3.05. The van der Waals surface area contributed by atoms with Gasteiger partial charge in [-0.15, -0.1) is 0 Å². The average molecular weight is 396 g/mol. The van der Waals surface area contributed by atoms with Crippen LogP contribution in [0.3, 0.4) is 0 Å². The Morgan fingerprint density at radius 1 is 0.400 bits per heavy atom. The van der Waals surface area contributed by atoms with Crippen molar-refractivity contribution in [1.29, 1.82) is 0 Å². The zero-order valence-electron chi connectivity index (χ0n) is 11.1. The predicted octanol–water partition coefficient (Wildman–Crippen LogP) is -21.6. The van der Waals surface area contributed by atoms with Gasteiger partial charge in [0.15, 0.2) is 0 Å². The van der Waals surface area contributed by atoms with Crippen LogP contribution in [0, 0.1) is 0 Å². The van der Waals surface area contributed by atoms with E-state index in [1.807, 2.05) is 0 Å². The summed E-state index contributed by atoms with van der Waals surface area (Å²) in [6.45, 7) is -4.56. The number of rotatable bonds is 0. The molecule has 15 nitrogen and oxygen atoms in total. The molecule has 0 rings (SSSR count). The van der Waals surface area contributed by atoms with Gasteiger partial charge in [0.1, 0.15) is 0 Å². The Morgan fingerprint density at radius 3 is 0.400 bits per heavy atom. The molecule has 0 radical (unpaired) electrons. The first-order chi connectivity index (χ1) is 2.00. The maximum absolute atomic E-state index is 8.92. The van der Waals surface area contributed by atoms with Gasteiger partial charge in [0.25, 0.3) is 0 Å². The first-order valence-corrected chi connectivity index (χ1v) is 3.29. The van der Waals surface area contributed by atoms with E-state index in [1.165, 1.54) is 0 Å². The van der Waals surface area contributed by atoms with Gasteiger partial charge in [-0.2, -0.15) is 11.8 Å². The molecule has 0 aliphatic heterocycles. The van der Waals surface area contributed by atoms with Crippen LogP contribution in [-0.4, -0.2) is 65.7 Å². The minimum absolute atomic E-state index is 0. The van der Waals surface area contributed by atoms with Gasteiger partial charge in [-0.1, -0.05) is 0 Å². The van der Waals surface area contributed by atoms with E-state index in [0.717, 1.165) is 0 Å². The summed E-state index contributed by atoms with van der Waals surface area (Å²) in [6, 6.07) is 0. The topological polar surface area (TPSA) is 447 Å². The Labute approximate surface area is 185 Å². The van der Waals surface area contributed by atoms with Gasteiger partial charge in [-0.3, -0.25) is 0 Å². The molecular weight excluding hydrogens is 372 g/mol. The molecule has 0 aromatic carbocycles. The van der Waals surface area contributed by atoms with E-state index in [1.54, 1.807) is 0 Å². The maximum atomic E-state index is 8.92. The van der Waals surface area contributed by atoms with Crippen LogP contribution in [0.25, 0.3) is 0 Å². The molecule has 0 saturated carbocycles. The van der Waals surface area contributed by atoms with Crippen molar-refractivity contribution in [3.8, 4) is 0 Å². The van der Waals surface area contributed by atoms with E-state index in [2.05, 4.69) is 11.8 Å². The fourth-order valence-electron chi connectivity index (χ4n) is 0. The second-order valence-electron chi connectivity index (χ2n) is 0.447. The molecular formula is H24Na3O15PS. The normalized spacial score (nSPS) is 2.95. The summed E-state index contributed by atoms with van der Waals surface area (Å²) >= 11 is 3.27. The summed E-state index contributed by atoms with van der Waals surface area (Å²) in [7, 11) is 0. The molecule has 0 spiro atoms. The molecule has 20 heteroatoms. The minimum atomic E-state index is -4.56. The molecule has 0 amide bonds. The molecule has 0 aliphatic carbocycles. The van der Waals surface area contributed by atoms with Crippen molar-refractivity contribution in [2.75, 3.05) is 0 Å². The monoisotopic (exact) mass is 396 g/mol. The first-order valence-electron chi connectivity index (χ1n) is 0.730. The number of hydrogen-bond acceptors (Lipinski definition) is 4. The first kappa shape index (κ1) is 225. The van der Waals surface area contributed by atoms with Gasteiger partial charge < -0.3 is 87.1 Å². The van der Waals surface area contributed by atoms with Crippen LogP contribution in [0.15, 0.2) is 0 Å². The smallest absolute Gasteiger partial charge is 0.844 e. The van der Waals surface area contributed by atoms with Crippen LogP contribution in [0.1, 0.15) is 0 Å². The molecule has 0 bridgehead atoms. The summed E-state index contributed by atoms with van der Waals surface area (Å²) in [4.78, 5) is 26.8. The van der Waals surface area contributed by atoms with Gasteiger partial charge in [-0.25, -0.2) is 0 Å². The molecule has 0 heterocycles. The Kier molecular flexibility index (Phi) is 1340. The minimum Gasteiger partial charge on any atom is -0.844 e. The molecule has 24 N–H and O–H groups in total. The van der Waals surface area contributed by atoms with Crippen molar-refractivity contribution in [2.45, 2.75) is 0 Å². The second kappa shape index (κ2) is 119. The molecule has 0 unspecified atom stereocenters. The third kappa shape index (κ3) is 910. The van der Waals surface area contributed by atoms with E-state index in [9.17, 15) is 0 Å². The zero-order chi connectivity index (χ0) is 4.50. The van der Waals surface area contributed by atoms with Crippen molar-refractivity contribution < 1.29 is 169 Å². The van der Waals surface area contributed by atoms with Crippen molar-refractivity contribution in [2.24, 2.45) is 0 Å². The van der Waals surface area contributed by atoms with Crippen molar-refractivity contribution in [3.63, 3.8) is 0 Å². The SMILES string of the molecule is O.O.O.O.O.O.O.O.O.O.O.O.[Na+].[Na+].[Na+].[O-]P([O-])([O-])=S. The van der Waals surface area contributed by atoms with Crippen LogP contribution in [0.4, 0.5) is 0 Å². The van der Waals surface area contributed by atoms with E-state index < -0.39 is 6.72 Å². The van der Waals surface area contributed by atoms with Gasteiger partial charge >= 0.3 is 88.7 Å². The van der Waals surface area contributed by atoms with Crippen molar-refractivity contribution in [3.05, 3.63) is 0 Å². The van der Waals surface area contributed by atoms with Crippen molar-refractivity contribution in [1.82, 2.24) is 0 Å². The van der Waals surface area contributed by atoms with Crippen LogP contribution >= 0.6 is 6.72 Å². The zero-order valence-corrected chi connectivity index (χ0v) is 18.8. The van der Waals surface area contributed by atoms with Crippen LogP contribution in [0.2, 0.25) is 0 Å². The molecule has 128 valence electrons. The fraction of sp³-hybridized carbons (Fsp3) is 0. The second-order valence-corrected chi connectivity index (χ2v) is 2.68. The average Bonchev–Trinajstić information content (AvgIpc) is 0.722. The number of hydrogen-bond donors (Lipinski definition) is 0. The molecule has 0 aliphatic rings. The van der Waals surface area contributed by atoms with E-state index in [0.29, 0.717) is 0 Å². The van der Waals surface area contributed by atoms with Crippen LogP contribution < -0.4 is 103 Å². The summed E-state index contributed by atoms with van der Waals surface area (Å²) in [5.74, 6) is 0. The molecule has 0 atom stereocenters. The summed E-state index contributed by atoms with van der Waals surface area (Å²) in [6.07, 6.45) is 0. The standard InChI is InChI=1S/3Na.H3O3PS.12H2O/c;;;1-4(2,3)5;;;;;;;;;;;;/h;;;(H3,1,2,3,5);12*1H2/q3*+1;;;;;;;;;;;;;/p-3. The van der Waals surface area contributed by atoms with Gasteiger partial charge in [0, 0.05) is 0 Å². The van der Waals surface area contributed by atoms with Crippen LogP contribution in [-0.2, 0) is 11.8 Å². The maximum Gasteiger partial charge on any atom is 1.00 e. The largest absolute Gasteiger partial charge is 1.00 e. The van der Waals surface area contributed by atoms with Gasteiger partial charge in [-0.05, 0) is 0 Å². The molecule has 0 saturated heterocycles. The fourth-order valence-corrected chi connectivity index (χ4v) is 0. The van der Waals surface area contributed by atoms with E-state index in [-0.39, 0.29) is 154 Å². The van der Waals surface area contributed by atoms with Crippen molar-refractivity contribution >= 4 is 18.5 Å². The molecule has 0 fully saturated rings. The quantitative estimate of drug-likeness (QED) is 0.284.